The zero-order valence-electron chi connectivity index (χ0n) is 16.3. The molecule has 3 rings (SSSR count). The fraction of sp³-hybridized carbons (Fsp3) is 0.0909. The van der Waals surface area contributed by atoms with Gasteiger partial charge in [-0.15, -0.1) is 0 Å². The number of aromatic nitrogens is 3. The third kappa shape index (κ3) is 4.65. The monoisotopic (exact) mass is 387 g/mol. The number of benzene rings is 1. The SMILES string of the molecule is C=C(/C=C\C(=C)C(=O)Nc1cc2cc(-c3cnn(C)c3)ccc2cn1)C(=O)NC. The van der Waals surface area contributed by atoms with E-state index in [0.717, 1.165) is 21.9 Å². The second-order valence-electron chi connectivity index (χ2n) is 6.45. The Labute approximate surface area is 168 Å². The minimum Gasteiger partial charge on any atom is -0.355 e. The average molecular weight is 387 g/mol. The molecule has 2 aromatic heterocycles. The second-order valence-corrected chi connectivity index (χ2v) is 6.45. The zero-order chi connectivity index (χ0) is 21.0. The first-order valence-electron chi connectivity index (χ1n) is 8.85. The summed E-state index contributed by atoms with van der Waals surface area (Å²) in [5.41, 5.74) is 2.44. The first-order valence-corrected chi connectivity index (χ1v) is 8.85. The smallest absolute Gasteiger partial charge is 0.256 e. The summed E-state index contributed by atoms with van der Waals surface area (Å²) >= 11 is 0. The van der Waals surface area contributed by atoms with Crippen LogP contribution in [0.3, 0.4) is 0 Å². The normalized spacial score (nSPS) is 10.8. The molecule has 0 bridgehead atoms. The number of pyridine rings is 1. The molecule has 0 aliphatic carbocycles. The minimum absolute atomic E-state index is 0.182. The Bertz CT molecular complexity index is 1160. The molecule has 2 N–H and O–H groups in total. The van der Waals surface area contributed by atoms with Crippen molar-refractivity contribution in [1.29, 1.82) is 0 Å². The van der Waals surface area contributed by atoms with Gasteiger partial charge in [-0.05, 0) is 35.2 Å². The number of hydrogen-bond donors (Lipinski definition) is 2. The van der Waals surface area contributed by atoms with Gasteiger partial charge in [0.2, 0.25) is 5.91 Å². The molecule has 7 heteroatoms. The van der Waals surface area contributed by atoms with Gasteiger partial charge in [-0.1, -0.05) is 25.3 Å². The minimum atomic E-state index is -0.416. The van der Waals surface area contributed by atoms with Gasteiger partial charge < -0.3 is 10.6 Å². The summed E-state index contributed by atoms with van der Waals surface area (Å²) in [6.45, 7) is 7.34. The Morgan fingerprint density at radius 1 is 1.00 bits per heavy atom. The number of anilines is 1. The summed E-state index contributed by atoms with van der Waals surface area (Å²) < 4.78 is 1.75. The first kappa shape index (κ1) is 19.8. The lowest BCUT2D eigenvalue weighted by Crippen LogP contribution is -2.18. The van der Waals surface area contributed by atoms with E-state index >= 15 is 0 Å². The number of likely N-dealkylation sites (N-methyl/N-ethyl adjacent to an activating group) is 1. The molecule has 2 amide bonds. The molecule has 146 valence electrons. The molecule has 0 aliphatic heterocycles. The number of nitrogens with one attached hydrogen (secondary N) is 2. The van der Waals surface area contributed by atoms with E-state index in [4.69, 9.17) is 0 Å². The van der Waals surface area contributed by atoms with Crippen LogP contribution in [0.5, 0.6) is 0 Å². The number of carbonyl (C=O) groups excluding carboxylic acids is 2. The van der Waals surface area contributed by atoms with Crippen LogP contribution in [-0.2, 0) is 16.6 Å². The quantitative estimate of drug-likeness (QED) is 0.503. The second kappa shape index (κ2) is 8.35. The van der Waals surface area contributed by atoms with Crippen LogP contribution in [0.15, 0.2) is 79.3 Å². The Morgan fingerprint density at radius 3 is 2.38 bits per heavy atom. The van der Waals surface area contributed by atoms with Gasteiger partial charge in [0.05, 0.1) is 6.20 Å². The van der Waals surface area contributed by atoms with Gasteiger partial charge in [-0.2, -0.15) is 5.10 Å². The van der Waals surface area contributed by atoms with E-state index in [1.807, 2.05) is 31.4 Å². The molecule has 0 saturated carbocycles. The van der Waals surface area contributed by atoms with E-state index in [2.05, 4.69) is 33.9 Å². The molecule has 7 nitrogen and oxygen atoms in total. The lowest BCUT2D eigenvalue weighted by molar-refractivity contribution is -0.116. The molecule has 2 heterocycles. The summed E-state index contributed by atoms with van der Waals surface area (Å²) in [6, 6.07) is 7.80. The molecular formula is C22H21N5O2. The van der Waals surface area contributed by atoms with Crippen molar-refractivity contribution in [3.8, 4) is 11.1 Å². The fourth-order valence-corrected chi connectivity index (χ4v) is 2.67. The molecule has 0 saturated heterocycles. The Kier molecular flexibility index (Phi) is 5.69. The number of carbonyl (C=O) groups is 2. The Hall–Kier alpha value is -4.00. The number of aryl methyl sites for hydroxylation is 1. The highest BCUT2D eigenvalue weighted by molar-refractivity contribution is 6.06. The predicted molar refractivity (Wildman–Crippen MR) is 114 cm³/mol. The standard InChI is InChI=1S/C22H21N5O2/c1-14(21(28)23-3)5-6-15(2)22(29)26-20-10-18-9-16(7-8-17(18)11-24-20)19-12-25-27(4)13-19/h5-13H,1-2H2,3-4H3,(H,23,28)(H,24,26,29)/b6-5-. The molecule has 0 radical (unpaired) electrons. The highest BCUT2D eigenvalue weighted by Crippen LogP contribution is 2.25. The molecule has 0 aliphatic rings. The van der Waals surface area contributed by atoms with Crippen LogP contribution in [0.2, 0.25) is 0 Å². The van der Waals surface area contributed by atoms with Crippen molar-refractivity contribution in [2.24, 2.45) is 7.05 Å². The highest BCUT2D eigenvalue weighted by atomic mass is 16.2. The summed E-state index contributed by atoms with van der Waals surface area (Å²) in [5, 5.41) is 11.3. The van der Waals surface area contributed by atoms with Gasteiger partial charge in [0.1, 0.15) is 5.82 Å². The van der Waals surface area contributed by atoms with Crippen molar-refractivity contribution in [3.05, 3.63) is 79.3 Å². The van der Waals surface area contributed by atoms with Gasteiger partial charge in [0, 0.05) is 48.6 Å². The lowest BCUT2D eigenvalue weighted by atomic mass is 10.1. The number of rotatable bonds is 6. The molecule has 3 aromatic rings. The van der Waals surface area contributed by atoms with Crippen LogP contribution in [0.25, 0.3) is 21.9 Å². The molecule has 0 fully saturated rings. The van der Waals surface area contributed by atoms with E-state index in [9.17, 15) is 9.59 Å². The molecule has 1 aromatic carbocycles. The van der Waals surface area contributed by atoms with Crippen LogP contribution in [0.1, 0.15) is 0 Å². The van der Waals surface area contributed by atoms with Crippen molar-refractivity contribution in [3.63, 3.8) is 0 Å². The molecule has 0 unspecified atom stereocenters. The molecule has 29 heavy (non-hydrogen) atoms. The summed E-state index contributed by atoms with van der Waals surface area (Å²) in [7, 11) is 3.38. The van der Waals surface area contributed by atoms with Crippen LogP contribution in [0.4, 0.5) is 5.82 Å². The maximum Gasteiger partial charge on any atom is 0.256 e. The van der Waals surface area contributed by atoms with Crippen LogP contribution < -0.4 is 10.6 Å². The van der Waals surface area contributed by atoms with E-state index < -0.39 is 5.91 Å². The van der Waals surface area contributed by atoms with Gasteiger partial charge in [0.25, 0.3) is 5.91 Å². The Balaban J connectivity index is 1.76. The summed E-state index contributed by atoms with van der Waals surface area (Å²) in [4.78, 5) is 28.1. The average Bonchev–Trinajstić information content (AvgIpc) is 3.16. The molecular weight excluding hydrogens is 366 g/mol. The maximum absolute atomic E-state index is 12.3. The van der Waals surface area contributed by atoms with Crippen molar-refractivity contribution < 1.29 is 9.59 Å². The Morgan fingerprint density at radius 2 is 1.72 bits per heavy atom. The zero-order valence-corrected chi connectivity index (χ0v) is 16.3. The van der Waals surface area contributed by atoms with Crippen LogP contribution in [0, 0.1) is 0 Å². The van der Waals surface area contributed by atoms with Crippen LogP contribution >= 0.6 is 0 Å². The molecule has 0 spiro atoms. The van der Waals surface area contributed by atoms with E-state index in [0.29, 0.717) is 5.82 Å². The maximum atomic E-state index is 12.3. The third-order valence-electron chi connectivity index (χ3n) is 4.30. The first-order chi connectivity index (χ1) is 13.9. The van der Waals surface area contributed by atoms with Gasteiger partial charge in [0.15, 0.2) is 0 Å². The summed E-state index contributed by atoms with van der Waals surface area (Å²) in [5.74, 6) is -0.332. The van der Waals surface area contributed by atoms with Crippen molar-refractivity contribution >= 4 is 28.4 Å². The van der Waals surface area contributed by atoms with Gasteiger partial charge >= 0.3 is 0 Å². The fourth-order valence-electron chi connectivity index (χ4n) is 2.67. The third-order valence-corrected chi connectivity index (χ3v) is 4.30. The number of hydrogen-bond acceptors (Lipinski definition) is 4. The van der Waals surface area contributed by atoms with Gasteiger partial charge in [-0.25, -0.2) is 4.98 Å². The number of amides is 2. The van der Waals surface area contributed by atoms with Crippen molar-refractivity contribution in [2.45, 2.75) is 0 Å². The predicted octanol–water partition coefficient (Wildman–Crippen LogP) is 2.99. The van der Waals surface area contributed by atoms with Crippen LogP contribution in [-0.4, -0.2) is 33.6 Å². The van der Waals surface area contributed by atoms with Gasteiger partial charge in [-0.3, -0.25) is 14.3 Å². The highest BCUT2D eigenvalue weighted by Gasteiger charge is 2.08. The van der Waals surface area contributed by atoms with E-state index in [1.165, 1.54) is 19.2 Å². The largest absolute Gasteiger partial charge is 0.355 e. The van der Waals surface area contributed by atoms with Crippen molar-refractivity contribution in [2.75, 3.05) is 12.4 Å². The van der Waals surface area contributed by atoms with E-state index in [-0.39, 0.29) is 17.1 Å². The number of nitrogens with zero attached hydrogens (tertiary/aromatic N) is 3. The lowest BCUT2D eigenvalue weighted by Gasteiger charge is -2.07. The summed E-state index contributed by atoms with van der Waals surface area (Å²) in [6.07, 6.45) is 8.31. The van der Waals surface area contributed by atoms with Crippen molar-refractivity contribution in [1.82, 2.24) is 20.1 Å². The van der Waals surface area contributed by atoms with E-state index in [1.54, 1.807) is 23.1 Å². The molecule has 0 atom stereocenters. The topological polar surface area (TPSA) is 88.9 Å². The number of fused-ring (bicyclic) bond motifs is 1.